The number of nitrogens with one attached hydrogen (secondary N) is 2. The van der Waals surface area contributed by atoms with Crippen molar-refractivity contribution in [1.82, 2.24) is 10.6 Å². The van der Waals surface area contributed by atoms with E-state index in [9.17, 15) is 4.39 Å². The average Bonchev–Trinajstić information content (AvgIpc) is 2.44. The van der Waals surface area contributed by atoms with Gasteiger partial charge in [0.2, 0.25) is 0 Å². The van der Waals surface area contributed by atoms with Gasteiger partial charge in [-0.1, -0.05) is 13.0 Å². The minimum absolute atomic E-state index is 0. The Kier molecular flexibility index (Phi) is 10.1. The van der Waals surface area contributed by atoms with Gasteiger partial charge >= 0.3 is 0 Å². The van der Waals surface area contributed by atoms with Crippen LogP contribution in [0.5, 0.6) is 0 Å². The second-order valence-electron chi connectivity index (χ2n) is 5.33. The minimum atomic E-state index is -0.215. The summed E-state index contributed by atoms with van der Waals surface area (Å²) in [6.07, 6.45) is 1.02. The van der Waals surface area contributed by atoms with Crippen LogP contribution >= 0.6 is 24.0 Å². The van der Waals surface area contributed by atoms with Gasteiger partial charge in [0, 0.05) is 26.7 Å². The summed E-state index contributed by atoms with van der Waals surface area (Å²) in [5.41, 5.74) is 1.45. The number of benzene rings is 1. The van der Waals surface area contributed by atoms with Crippen molar-refractivity contribution >= 4 is 35.6 Å². The van der Waals surface area contributed by atoms with Crippen LogP contribution in [0.15, 0.2) is 23.2 Å². The lowest BCUT2D eigenvalue weighted by atomic mass is 10.2. The van der Waals surface area contributed by atoms with Crippen LogP contribution < -0.4 is 15.5 Å². The van der Waals surface area contributed by atoms with E-state index in [2.05, 4.69) is 29.5 Å². The molecule has 1 aromatic rings. The van der Waals surface area contributed by atoms with Crippen LogP contribution in [-0.4, -0.2) is 32.6 Å². The Morgan fingerprint density at radius 2 is 2.00 bits per heavy atom. The summed E-state index contributed by atoms with van der Waals surface area (Å²) in [7, 11) is 3.66. The number of anilines is 1. The number of guanidine groups is 1. The predicted molar refractivity (Wildman–Crippen MR) is 104 cm³/mol. The van der Waals surface area contributed by atoms with Gasteiger partial charge in [-0.15, -0.1) is 24.0 Å². The van der Waals surface area contributed by atoms with Gasteiger partial charge < -0.3 is 15.5 Å². The van der Waals surface area contributed by atoms with Gasteiger partial charge in [-0.05, 0) is 38.0 Å². The molecule has 0 aliphatic heterocycles. The maximum absolute atomic E-state index is 13.9. The molecule has 126 valence electrons. The molecule has 2 N–H and O–H groups in total. The summed E-state index contributed by atoms with van der Waals surface area (Å²) in [6, 6.07) is 5.60. The van der Waals surface area contributed by atoms with Crippen molar-refractivity contribution in [2.45, 2.75) is 39.8 Å². The van der Waals surface area contributed by atoms with Gasteiger partial charge in [-0.3, -0.25) is 0 Å². The maximum atomic E-state index is 13.9. The van der Waals surface area contributed by atoms with Crippen molar-refractivity contribution < 1.29 is 4.39 Å². The lowest BCUT2D eigenvalue weighted by molar-refractivity contribution is 0.620. The molecule has 0 spiro atoms. The largest absolute Gasteiger partial charge is 0.375 e. The minimum Gasteiger partial charge on any atom is -0.375 e. The van der Waals surface area contributed by atoms with Crippen LogP contribution in [0.1, 0.15) is 32.8 Å². The first-order valence-electron chi connectivity index (χ1n) is 7.48. The van der Waals surface area contributed by atoms with Gasteiger partial charge in [0.05, 0.1) is 12.2 Å². The van der Waals surface area contributed by atoms with E-state index < -0.39 is 0 Å². The van der Waals surface area contributed by atoms with Crippen molar-refractivity contribution in [2.24, 2.45) is 4.99 Å². The lowest BCUT2D eigenvalue weighted by Gasteiger charge is -2.16. The highest BCUT2D eigenvalue weighted by Gasteiger charge is 2.06. The standard InChI is InChI=1S/C16H27FN4.HI/c1-6-12(3)20-16(18-7-2)19-11-13-8-9-15(21(4)5)14(17)10-13;/h8-10,12H,6-7,11H2,1-5H3,(H2,18,19,20);1H. The summed E-state index contributed by atoms with van der Waals surface area (Å²) in [4.78, 5) is 6.26. The Morgan fingerprint density at radius 3 is 2.50 bits per heavy atom. The molecular formula is C16H28FIN4. The van der Waals surface area contributed by atoms with E-state index >= 15 is 0 Å². The molecule has 0 aliphatic rings. The topological polar surface area (TPSA) is 39.7 Å². The molecule has 0 aliphatic carbocycles. The molecule has 1 atom stereocenters. The Hall–Kier alpha value is -1.05. The normalized spacial score (nSPS) is 12.4. The quantitative estimate of drug-likeness (QED) is 0.420. The molecule has 0 saturated heterocycles. The van der Waals surface area contributed by atoms with Gasteiger partial charge in [-0.2, -0.15) is 0 Å². The fraction of sp³-hybridized carbons (Fsp3) is 0.562. The third-order valence-electron chi connectivity index (χ3n) is 3.25. The highest BCUT2D eigenvalue weighted by molar-refractivity contribution is 14.0. The smallest absolute Gasteiger partial charge is 0.191 e. The monoisotopic (exact) mass is 422 g/mol. The van der Waals surface area contributed by atoms with E-state index in [1.807, 2.05) is 27.1 Å². The summed E-state index contributed by atoms with van der Waals surface area (Å²) >= 11 is 0. The predicted octanol–water partition coefficient (Wildman–Crippen LogP) is 3.36. The molecule has 0 saturated carbocycles. The second kappa shape index (κ2) is 10.6. The third kappa shape index (κ3) is 6.81. The summed E-state index contributed by atoms with van der Waals surface area (Å²) < 4.78 is 13.9. The Bertz CT molecular complexity index is 477. The second-order valence-corrected chi connectivity index (χ2v) is 5.33. The highest BCUT2D eigenvalue weighted by atomic mass is 127. The van der Waals surface area contributed by atoms with Crippen LogP contribution in [-0.2, 0) is 6.54 Å². The first kappa shape index (κ1) is 20.9. The Balaban J connectivity index is 0.00000441. The number of hydrogen-bond donors (Lipinski definition) is 2. The zero-order chi connectivity index (χ0) is 15.8. The van der Waals surface area contributed by atoms with Crippen molar-refractivity contribution in [3.63, 3.8) is 0 Å². The van der Waals surface area contributed by atoms with Crippen molar-refractivity contribution in [3.05, 3.63) is 29.6 Å². The third-order valence-corrected chi connectivity index (χ3v) is 3.25. The van der Waals surface area contributed by atoms with E-state index in [0.29, 0.717) is 18.3 Å². The fourth-order valence-corrected chi connectivity index (χ4v) is 1.84. The molecule has 0 fully saturated rings. The zero-order valence-electron chi connectivity index (χ0n) is 14.1. The van der Waals surface area contributed by atoms with Gasteiger partial charge in [0.1, 0.15) is 5.82 Å². The van der Waals surface area contributed by atoms with Crippen LogP contribution in [0.2, 0.25) is 0 Å². The highest BCUT2D eigenvalue weighted by Crippen LogP contribution is 2.18. The van der Waals surface area contributed by atoms with Gasteiger partial charge in [0.15, 0.2) is 5.96 Å². The van der Waals surface area contributed by atoms with E-state index in [-0.39, 0.29) is 29.8 Å². The molecule has 6 heteroatoms. The van der Waals surface area contributed by atoms with Crippen molar-refractivity contribution in [1.29, 1.82) is 0 Å². The number of hydrogen-bond acceptors (Lipinski definition) is 2. The Morgan fingerprint density at radius 1 is 1.32 bits per heavy atom. The molecule has 1 unspecified atom stereocenters. The number of rotatable bonds is 6. The van der Waals surface area contributed by atoms with E-state index in [0.717, 1.165) is 24.5 Å². The Labute approximate surface area is 150 Å². The molecule has 0 amide bonds. The zero-order valence-corrected chi connectivity index (χ0v) is 16.4. The maximum Gasteiger partial charge on any atom is 0.191 e. The molecular weight excluding hydrogens is 394 g/mol. The molecule has 1 rings (SSSR count). The number of aliphatic imine (C=N–C) groups is 1. The molecule has 4 nitrogen and oxygen atoms in total. The number of nitrogens with zero attached hydrogens (tertiary/aromatic N) is 2. The summed E-state index contributed by atoms with van der Waals surface area (Å²) in [6.45, 7) is 7.51. The first-order chi connectivity index (χ1) is 9.97. The van der Waals surface area contributed by atoms with Crippen LogP contribution in [0.4, 0.5) is 10.1 Å². The molecule has 1 aromatic carbocycles. The van der Waals surface area contributed by atoms with E-state index in [1.165, 1.54) is 0 Å². The molecule has 0 aromatic heterocycles. The summed E-state index contributed by atoms with van der Waals surface area (Å²) in [5.74, 6) is 0.552. The SMILES string of the molecule is CCNC(=NCc1ccc(N(C)C)c(F)c1)NC(C)CC.I. The van der Waals surface area contributed by atoms with Gasteiger partial charge in [-0.25, -0.2) is 9.38 Å². The van der Waals surface area contributed by atoms with Crippen LogP contribution in [0.25, 0.3) is 0 Å². The van der Waals surface area contributed by atoms with Crippen molar-refractivity contribution in [3.8, 4) is 0 Å². The fourth-order valence-electron chi connectivity index (χ4n) is 1.84. The van der Waals surface area contributed by atoms with E-state index in [1.54, 1.807) is 17.0 Å². The molecule has 22 heavy (non-hydrogen) atoms. The average molecular weight is 422 g/mol. The molecule has 0 heterocycles. The lowest BCUT2D eigenvalue weighted by Crippen LogP contribution is -2.41. The first-order valence-corrected chi connectivity index (χ1v) is 7.48. The number of halogens is 2. The van der Waals surface area contributed by atoms with Crippen LogP contribution in [0.3, 0.4) is 0 Å². The van der Waals surface area contributed by atoms with Crippen molar-refractivity contribution in [2.75, 3.05) is 25.5 Å². The molecule has 0 radical (unpaired) electrons. The van der Waals surface area contributed by atoms with Crippen LogP contribution in [0, 0.1) is 5.82 Å². The summed E-state index contributed by atoms with van der Waals surface area (Å²) in [5, 5.41) is 6.52. The molecule has 0 bridgehead atoms. The van der Waals surface area contributed by atoms with E-state index in [4.69, 9.17) is 0 Å². The van der Waals surface area contributed by atoms with Gasteiger partial charge in [0.25, 0.3) is 0 Å².